The molecule has 126 valence electrons. The molecule has 0 aromatic heterocycles. The van der Waals surface area contributed by atoms with E-state index in [9.17, 15) is 18.4 Å². The maximum atomic E-state index is 13.0. The summed E-state index contributed by atoms with van der Waals surface area (Å²) in [6.07, 6.45) is 2.72. The molecule has 0 bridgehead atoms. The SMILES string of the molecule is O=C(NCCc1cc(F)cc(F)c1)NC1CCC(C(=O)O)CC1. The third-order valence-corrected chi connectivity index (χ3v) is 4.03. The lowest BCUT2D eigenvalue weighted by atomic mass is 9.86. The summed E-state index contributed by atoms with van der Waals surface area (Å²) >= 11 is 0. The average molecular weight is 326 g/mol. The van der Waals surface area contributed by atoms with E-state index >= 15 is 0 Å². The van der Waals surface area contributed by atoms with Crippen molar-refractivity contribution in [2.45, 2.75) is 38.1 Å². The predicted octanol–water partition coefficient (Wildman–Crippen LogP) is 2.45. The van der Waals surface area contributed by atoms with E-state index in [-0.39, 0.29) is 24.5 Å². The zero-order chi connectivity index (χ0) is 16.8. The predicted molar refractivity (Wildman–Crippen MR) is 80.0 cm³/mol. The van der Waals surface area contributed by atoms with Crippen LogP contribution in [0.1, 0.15) is 31.2 Å². The van der Waals surface area contributed by atoms with Crippen LogP contribution in [0.15, 0.2) is 18.2 Å². The number of aliphatic carboxylic acids is 1. The van der Waals surface area contributed by atoms with Crippen molar-refractivity contribution in [3.05, 3.63) is 35.4 Å². The van der Waals surface area contributed by atoms with Gasteiger partial charge in [0.25, 0.3) is 0 Å². The van der Waals surface area contributed by atoms with Crippen molar-refractivity contribution in [1.29, 1.82) is 0 Å². The first-order chi connectivity index (χ1) is 10.9. The molecule has 3 N–H and O–H groups in total. The molecule has 1 aliphatic carbocycles. The fraction of sp³-hybridized carbons (Fsp3) is 0.500. The molecule has 0 aliphatic heterocycles. The van der Waals surface area contributed by atoms with Crippen LogP contribution in [0.4, 0.5) is 13.6 Å². The maximum Gasteiger partial charge on any atom is 0.315 e. The number of carboxylic acid groups (broad SMARTS) is 1. The zero-order valence-corrected chi connectivity index (χ0v) is 12.6. The number of hydrogen-bond donors (Lipinski definition) is 3. The summed E-state index contributed by atoms with van der Waals surface area (Å²) in [6, 6.07) is 2.89. The Labute approximate surface area is 133 Å². The van der Waals surface area contributed by atoms with Crippen LogP contribution in [0.3, 0.4) is 0 Å². The fourth-order valence-electron chi connectivity index (χ4n) is 2.80. The Morgan fingerprint density at radius 3 is 2.26 bits per heavy atom. The van der Waals surface area contributed by atoms with Crippen LogP contribution in [0.5, 0.6) is 0 Å². The second-order valence-corrected chi connectivity index (χ2v) is 5.81. The number of carboxylic acids is 1. The molecule has 1 aliphatic rings. The fourth-order valence-corrected chi connectivity index (χ4v) is 2.80. The summed E-state index contributed by atoms with van der Waals surface area (Å²) in [5.74, 6) is -2.38. The molecule has 0 spiro atoms. The van der Waals surface area contributed by atoms with Crippen LogP contribution in [0.2, 0.25) is 0 Å². The Hall–Kier alpha value is -2.18. The second kappa shape index (κ2) is 7.89. The summed E-state index contributed by atoms with van der Waals surface area (Å²) in [4.78, 5) is 22.6. The number of rotatable bonds is 5. The molecule has 2 amide bonds. The van der Waals surface area contributed by atoms with E-state index in [0.29, 0.717) is 37.7 Å². The summed E-state index contributed by atoms with van der Waals surface area (Å²) in [5.41, 5.74) is 0.477. The van der Waals surface area contributed by atoms with Gasteiger partial charge in [-0.05, 0) is 49.8 Å². The Balaban J connectivity index is 1.68. The molecule has 0 saturated heterocycles. The smallest absolute Gasteiger partial charge is 0.315 e. The van der Waals surface area contributed by atoms with Crippen molar-refractivity contribution in [2.75, 3.05) is 6.54 Å². The van der Waals surface area contributed by atoms with E-state index in [4.69, 9.17) is 5.11 Å². The Morgan fingerprint density at radius 1 is 1.09 bits per heavy atom. The monoisotopic (exact) mass is 326 g/mol. The summed E-state index contributed by atoms with van der Waals surface area (Å²) < 4.78 is 26.1. The number of carbonyl (C=O) groups is 2. The maximum absolute atomic E-state index is 13.0. The molecule has 0 unspecified atom stereocenters. The van der Waals surface area contributed by atoms with E-state index in [0.717, 1.165) is 6.07 Å². The Bertz CT molecular complexity index is 552. The molecule has 5 nitrogen and oxygen atoms in total. The molecule has 1 aromatic carbocycles. The number of benzene rings is 1. The molecule has 1 saturated carbocycles. The number of carbonyl (C=O) groups excluding carboxylic acids is 1. The molecule has 0 atom stereocenters. The third-order valence-electron chi connectivity index (χ3n) is 4.03. The second-order valence-electron chi connectivity index (χ2n) is 5.81. The molecule has 2 rings (SSSR count). The number of hydrogen-bond acceptors (Lipinski definition) is 2. The molecule has 1 aromatic rings. The number of nitrogens with one attached hydrogen (secondary N) is 2. The van der Waals surface area contributed by atoms with E-state index < -0.39 is 17.6 Å². The van der Waals surface area contributed by atoms with Gasteiger partial charge in [-0.15, -0.1) is 0 Å². The van der Waals surface area contributed by atoms with Crippen LogP contribution in [-0.2, 0) is 11.2 Å². The minimum absolute atomic E-state index is 0.0304. The van der Waals surface area contributed by atoms with Crippen molar-refractivity contribution in [1.82, 2.24) is 10.6 Å². The highest BCUT2D eigenvalue weighted by atomic mass is 19.1. The van der Waals surface area contributed by atoms with Crippen LogP contribution in [-0.4, -0.2) is 29.7 Å². The summed E-state index contributed by atoms with van der Waals surface area (Å²) in [6.45, 7) is 0.263. The van der Waals surface area contributed by atoms with Gasteiger partial charge in [0, 0.05) is 18.7 Å². The minimum atomic E-state index is -0.782. The van der Waals surface area contributed by atoms with Gasteiger partial charge in [-0.25, -0.2) is 13.6 Å². The average Bonchev–Trinajstić information content (AvgIpc) is 2.46. The molecule has 0 radical (unpaired) electrons. The minimum Gasteiger partial charge on any atom is -0.481 e. The normalized spacial score (nSPS) is 20.8. The van der Waals surface area contributed by atoms with Crippen molar-refractivity contribution in [3.63, 3.8) is 0 Å². The highest BCUT2D eigenvalue weighted by Crippen LogP contribution is 2.24. The molecule has 23 heavy (non-hydrogen) atoms. The van der Waals surface area contributed by atoms with Crippen LogP contribution in [0.25, 0.3) is 0 Å². The van der Waals surface area contributed by atoms with E-state index in [1.165, 1.54) is 12.1 Å². The van der Waals surface area contributed by atoms with E-state index in [2.05, 4.69) is 10.6 Å². The van der Waals surface area contributed by atoms with E-state index in [1.807, 2.05) is 0 Å². The van der Waals surface area contributed by atoms with Crippen molar-refractivity contribution < 1.29 is 23.5 Å². The molecule has 1 fully saturated rings. The number of halogens is 2. The standard InChI is InChI=1S/C16H20F2N2O3/c17-12-7-10(8-13(18)9-12)5-6-19-16(23)20-14-3-1-11(2-4-14)15(21)22/h7-9,11,14H,1-6H2,(H,21,22)(H2,19,20,23). The first kappa shape index (κ1) is 17.2. The highest BCUT2D eigenvalue weighted by molar-refractivity contribution is 5.74. The van der Waals surface area contributed by atoms with Crippen molar-refractivity contribution in [2.24, 2.45) is 5.92 Å². The van der Waals surface area contributed by atoms with Gasteiger partial charge in [-0.2, -0.15) is 0 Å². The Morgan fingerprint density at radius 2 is 1.70 bits per heavy atom. The quantitative estimate of drug-likeness (QED) is 0.778. The van der Waals surface area contributed by atoms with Crippen LogP contribution < -0.4 is 10.6 Å². The first-order valence-electron chi connectivity index (χ1n) is 7.66. The van der Waals surface area contributed by atoms with Gasteiger partial charge in [-0.3, -0.25) is 4.79 Å². The molecule has 7 heteroatoms. The third kappa shape index (κ3) is 5.50. The van der Waals surface area contributed by atoms with Crippen LogP contribution in [0, 0.1) is 17.6 Å². The lowest BCUT2D eigenvalue weighted by Crippen LogP contribution is -2.44. The molecular weight excluding hydrogens is 306 g/mol. The Kier molecular flexibility index (Phi) is 5.90. The van der Waals surface area contributed by atoms with Crippen LogP contribution >= 0.6 is 0 Å². The van der Waals surface area contributed by atoms with Gasteiger partial charge in [0.1, 0.15) is 11.6 Å². The lowest BCUT2D eigenvalue weighted by Gasteiger charge is -2.26. The van der Waals surface area contributed by atoms with Gasteiger partial charge in [0.15, 0.2) is 0 Å². The first-order valence-corrected chi connectivity index (χ1v) is 7.66. The van der Waals surface area contributed by atoms with Gasteiger partial charge in [0.05, 0.1) is 5.92 Å². The topological polar surface area (TPSA) is 78.4 Å². The van der Waals surface area contributed by atoms with Gasteiger partial charge >= 0.3 is 12.0 Å². The van der Waals surface area contributed by atoms with Crippen molar-refractivity contribution >= 4 is 12.0 Å². The zero-order valence-electron chi connectivity index (χ0n) is 12.6. The van der Waals surface area contributed by atoms with Gasteiger partial charge in [-0.1, -0.05) is 0 Å². The number of amides is 2. The van der Waals surface area contributed by atoms with E-state index in [1.54, 1.807) is 0 Å². The van der Waals surface area contributed by atoms with Gasteiger partial charge in [0.2, 0.25) is 0 Å². The molecular formula is C16H20F2N2O3. The largest absolute Gasteiger partial charge is 0.481 e. The van der Waals surface area contributed by atoms with Crippen molar-refractivity contribution in [3.8, 4) is 0 Å². The highest BCUT2D eigenvalue weighted by Gasteiger charge is 2.26. The molecule has 0 heterocycles. The summed E-state index contributed by atoms with van der Waals surface area (Å²) in [7, 11) is 0. The summed E-state index contributed by atoms with van der Waals surface area (Å²) in [5, 5.41) is 14.4. The number of urea groups is 1. The van der Waals surface area contributed by atoms with Gasteiger partial charge < -0.3 is 15.7 Å². The lowest BCUT2D eigenvalue weighted by molar-refractivity contribution is -0.142.